The SMILES string of the molecule is CCCCCCCCC[CH]CCCCCCCCCC=O. The summed E-state index contributed by atoms with van der Waals surface area (Å²) in [6.07, 6.45) is 26.1. The molecule has 0 atom stereocenters. The maximum atomic E-state index is 10.2. The Hall–Kier alpha value is -0.330. The monoisotopic (exact) mass is 295 g/mol. The van der Waals surface area contributed by atoms with E-state index in [2.05, 4.69) is 13.3 Å². The van der Waals surface area contributed by atoms with E-state index in [1.165, 1.54) is 96.3 Å². The van der Waals surface area contributed by atoms with Crippen molar-refractivity contribution in [1.29, 1.82) is 0 Å². The molecule has 0 aromatic heterocycles. The number of rotatable bonds is 18. The van der Waals surface area contributed by atoms with Gasteiger partial charge in [-0.05, 0) is 12.8 Å². The van der Waals surface area contributed by atoms with Gasteiger partial charge in [-0.15, -0.1) is 0 Å². The molecule has 0 rings (SSSR count). The Kier molecular flexibility index (Phi) is 19.4. The molecule has 0 aliphatic rings. The summed E-state index contributed by atoms with van der Waals surface area (Å²) in [4.78, 5) is 10.2. The van der Waals surface area contributed by atoms with Crippen molar-refractivity contribution in [2.75, 3.05) is 0 Å². The molecule has 0 saturated heterocycles. The lowest BCUT2D eigenvalue weighted by atomic mass is 10.0. The van der Waals surface area contributed by atoms with Gasteiger partial charge in [0.1, 0.15) is 6.29 Å². The molecular formula is C20H39O. The van der Waals surface area contributed by atoms with Crippen LogP contribution < -0.4 is 0 Å². The minimum absolute atomic E-state index is 0.758. The highest BCUT2D eigenvalue weighted by molar-refractivity contribution is 5.48. The molecule has 0 N–H and O–H groups in total. The fourth-order valence-electron chi connectivity index (χ4n) is 2.79. The van der Waals surface area contributed by atoms with Crippen LogP contribution in [0.25, 0.3) is 0 Å². The summed E-state index contributed by atoms with van der Waals surface area (Å²) < 4.78 is 0. The highest BCUT2D eigenvalue weighted by Crippen LogP contribution is 2.13. The van der Waals surface area contributed by atoms with Crippen LogP contribution >= 0.6 is 0 Å². The maximum absolute atomic E-state index is 10.2. The van der Waals surface area contributed by atoms with E-state index in [0.29, 0.717) is 0 Å². The molecule has 0 bridgehead atoms. The quantitative estimate of drug-likeness (QED) is 0.196. The van der Waals surface area contributed by atoms with Crippen LogP contribution in [0.15, 0.2) is 0 Å². The molecule has 0 saturated carbocycles. The van der Waals surface area contributed by atoms with Gasteiger partial charge in [0.25, 0.3) is 0 Å². The van der Waals surface area contributed by atoms with Crippen LogP contribution in [-0.4, -0.2) is 6.29 Å². The summed E-state index contributed by atoms with van der Waals surface area (Å²) in [5.74, 6) is 0. The standard InChI is InChI=1S/C20H39O/c1-2-3-4-5-6-7-8-9-10-11-12-13-14-15-16-17-18-19-20-21/h10,20H,2-9,11-19H2,1H3. The number of hydrogen-bond acceptors (Lipinski definition) is 1. The first-order valence-corrected chi connectivity index (χ1v) is 9.67. The Morgan fingerprint density at radius 1 is 0.524 bits per heavy atom. The smallest absolute Gasteiger partial charge is 0.119 e. The predicted octanol–water partition coefficient (Wildman–Crippen LogP) is 7.04. The number of carbonyl (C=O) groups is 1. The number of unbranched alkanes of at least 4 members (excludes halogenated alkanes) is 17. The molecule has 0 aromatic rings. The van der Waals surface area contributed by atoms with Crippen LogP contribution in [0.1, 0.15) is 116 Å². The van der Waals surface area contributed by atoms with Crippen LogP contribution in [-0.2, 0) is 4.79 Å². The van der Waals surface area contributed by atoms with Crippen molar-refractivity contribution in [3.8, 4) is 0 Å². The third-order valence-electron chi connectivity index (χ3n) is 4.24. The fourth-order valence-corrected chi connectivity index (χ4v) is 2.79. The fraction of sp³-hybridized carbons (Fsp3) is 0.900. The van der Waals surface area contributed by atoms with E-state index in [-0.39, 0.29) is 0 Å². The highest BCUT2D eigenvalue weighted by Gasteiger charge is 1.94. The van der Waals surface area contributed by atoms with E-state index in [1.54, 1.807) is 0 Å². The van der Waals surface area contributed by atoms with Crippen LogP contribution in [0.3, 0.4) is 0 Å². The first-order valence-electron chi connectivity index (χ1n) is 9.67. The van der Waals surface area contributed by atoms with E-state index in [9.17, 15) is 4.79 Å². The number of aldehydes is 1. The lowest BCUT2D eigenvalue weighted by molar-refractivity contribution is -0.107. The maximum Gasteiger partial charge on any atom is 0.119 e. The zero-order chi connectivity index (χ0) is 15.4. The van der Waals surface area contributed by atoms with Gasteiger partial charge >= 0.3 is 0 Å². The summed E-state index contributed by atoms with van der Waals surface area (Å²) in [7, 11) is 0. The second kappa shape index (κ2) is 19.7. The van der Waals surface area contributed by atoms with Crippen molar-refractivity contribution in [2.24, 2.45) is 0 Å². The third kappa shape index (κ3) is 19.7. The summed E-state index contributed by atoms with van der Waals surface area (Å²) in [5, 5.41) is 0. The zero-order valence-corrected chi connectivity index (χ0v) is 14.6. The largest absolute Gasteiger partial charge is 0.303 e. The average molecular weight is 296 g/mol. The topological polar surface area (TPSA) is 17.1 Å². The van der Waals surface area contributed by atoms with E-state index in [1.807, 2.05) is 0 Å². The van der Waals surface area contributed by atoms with E-state index in [4.69, 9.17) is 0 Å². The Morgan fingerprint density at radius 2 is 0.905 bits per heavy atom. The first kappa shape index (κ1) is 20.7. The van der Waals surface area contributed by atoms with Gasteiger partial charge in [-0.1, -0.05) is 103 Å². The van der Waals surface area contributed by atoms with Crippen molar-refractivity contribution < 1.29 is 4.79 Å². The molecule has 0 amide bonds. The van der Waals surface area contributed by atoms with Crippen molar-refractivity contribution in [2.45, 2.75) is 116 Å². The Labute approximate surface area is 134 Å². The highest BCUT2D eigenvalue weighted by atomic mass is 16.1. The predicted molar refractivity (Wildman–Crippen MR) is 94.5 cm³/mol. The molecule has 0 aliphatic carbocycles. The molecule has 0 unspecified atom stereocenters. The van der Waals surface area contributed by atoms with Gasteiger partial charge in [-0.2, -0.15) is 0 Å². The molecule has 21 heavy (non-hydrogen) atoms. The second-order valence-corrected chi connectivity index (χ2v) is 6.42. The number of carbonyl (C=O) groups excluding carboxylic acids is 1. The van der Waals surface area contributed by atoms with Crippen molar-refractivity contribution in [3.05, 3.63) is 6.42 Å². The molecule has 1 nitrogen and oxygen atoms in total. The first-order chi connectivity index (χ1) is 10.4. The van der Waals surface area contributed by atoms with Gasteiger partial charge < -0.3 is 4.79 Å². The summed E-state index contributed by atoms with van der Waals surface area (Å²) >= 11 is 0. The summed E-state index contributed by atoms with van der Waals surface area (Å²) in [6, 6.07) is 0. The second-order valence-electron chi connectivity index (χ2n) is 6.42. The van der Waals surface area contributed by atoms with Crippen molar-refractivity contribution >= 4 is 6.29 Å². The molecule has 0 fully saturated rings. The molecule has 1 radical (unpaired) electrons. The van der Waals surface area contributed by atoms with Crippen LogP contribution in [0.2, 0.25) is 0 Å². The lowest BCUT2D eigenvalue weighted by Crippen LogP contribution is -1.84. The van der Waals surface area contributed by atoms with Gasteiger partial charge in [0.05, 0.1) is 0 Å². The molecule has 125 valence electrons. The molecular weight excluding hydrogens is 256 g/mol. The molecule has 0 spiro atoms. The summed E-state index contributed by atoms with van der Waals surface area (Å²) in [6.45, 7) is 2.28. The van der Waals surface area contributed by atoms with Crippen molar-refractivity contribution in [1.82, 2.24) is 0 Å². The Bertz CT molecular complexity index is 188. The van der Waals surface area contributed by atoms with Crippen molar-refractivity contribution in [3.63, 3.8) is 0 Å². The van der Waals surface area contributed by atoms with Gasteiger partial charge in [-0.25, -0.2) is 0 Å². The van der Waals surface area contributed by atoms with Gasteiger partial charge in [0.15, 0.2) is 0 Å². The zero-order valence-electron chi connectivity index (χ0n) is 14.6. The minimum Gasteiger partial charge on any atom is -0.303 e. The molecule has 0 aliphatic heterocycles. The van der Waals surface area contributed by atoms with E-state index < -0.39 is 0 Å². The van der Waals surface area contributed by atoms with Gasteiger partial charge in [0.2, 0.25) is 0 Å². The van der Waals surface area contributed by atoms with E-state index in [0.717, 1.165) is 19.1 Å². The van der Waals surface area contributed by atoms with Gasteiger partial charge in [-0.3, -0.25) is 0 Å². The molecule has 0 aromatic carbocycles. The molecule has 1 heteroatoms. The average Bonchev–Trinajstić information content (AvgIpc) is 2.50. The number of hydrogen-bond donors (Lipinski definition) is 0. The van der Waals surface area contributed by atoms with Crippen LogP contribution in [0, 0.1) is 6.42 Å². The molecule has 0 heterocycles. The normalized spacial score (nSPS) is 10.9. The van der Waals surface area contributed by atoms with Crippen LogP contribution in [0.4, 0.5) is 0 Å². The Morgan fingerprint density at radius 3 is 1.33 bits per heavy atom. The lowest BCUT2D eigenvalue weighted by Gasteiger charge is -2.03. The third-order valence-corrected chi connectivity index (χ3v) is 4.24. The van der Waals surface area contributed by atoms with E-state index >= 15 is 0 Å². The van der Waals surface area contributed by atoms with Gasteiger partial charge in [0, 0.05) is 6.42 Å². The van der Waals surface area contributed by atoms with Crippen LogP contribution in [0.5, 0.6) is 0 Å². The summed E-state index contributed by atoms with van der Waals surface area (Å²) in [5.41, 5.74) is 0. The minimum atomic E-state index is 0.758. The Balaban J connectivity index is 2.91.